The lowest BCUT2D eigenvalue weighted by molar-refractivity contribution is -0.120. The van der Waals surface area contributed by atoms with Gasteiger partial charge in [0.25, 0.3) is 0 Å². The molecule has 7 nitrogen and oxygen atoms in total. The normalized spacial score (nSPS) is 11.9. The van der Waals surface area contributed by atoms with Crippen molar-refractivity contribution in [2.24, 2.45) is 0 Å². The predicted molar refractivity (Wildman–Crippen MR) is 107 cm³/mol. The number of aromatic nitrogens is 2. The lowest BCUT2D eigenvalue weighted by Gasteiger charge is -2.18. The maximum absolute atomic E-state index is 12.7. The average molecular weight is 393 g/mol. The summed E-state index contributed by atoms with van der Waals surface area (Å²) in [4.78, 5) is 16.7. The summed E-state index contributed by atoms with van der Waals surface area (Å²) >= 11 is 0. The molecule has 0 aliphatic heterocycles. The summed E-state index contributed by atoms with van der Waals surface area (Å²) < 4.78 is 28.9. The number of nitrogens with zero attached hydrogens (tertiary/aromatic N) is 3. The van der Waals surface area contributed by atoms with E-state index in [-0.39, 0.29) is 10.8 Å². The fourth-order valence-corrected chi connectivity index (χ4v) is 4.55. The van der Waals surface area contributed by atoms with Crippen LogP contribution in [0.15, 0.2) is 35.7 Å². The maximum atomic E-state index is 12.7. The third-order valence-electron chi connectivity index (χ3n) is 4.48. The van der Waals surface area contributed by atoms with E-state index in [4.69, 9.17) is 0 Å². The van der Waals surface area contributed by atoms with Gasteiger partial charge >= 0.3 is 0 Å². The fraction of sp³-hybridized carbons (Fsp3) is 0.474. The second-order valence-electron chi connectivity index (χ2n) is 6.10. The molecule has 1 amide bonds. The van der Waals surface area contributed by atoms with Gasteiger partial charge in [-0.25, -0.2) is 13.4 Å². The Hall–Kier alpha value is -2.19. The molecule has 1 N–H and O–H groups in total. The molecule has 0 fully saturated rings. The molecule has 8 heteroatoms. The summed E-state index contributed by atoms with van der Waals surface area (Å²) in [6.45, 7) is 11.2. The number of hydrogen-bond acceptors (Lipinski definition) is 4. The van der Waals surface area contributed by atoms with Crippen LogP contribution in [0.5, 0.6) is 0 Å². The van der Waals surface area contributed by atoms with Gasteiger partial charge in [-0.15, -0.1) is 6.58 Å². The summed E-state index contributed by atoms with van der Waals surface area (Å²) in [7, 11) is -3.53. The third-order valence-corrected chi connectivity index (χ3v) is 6.52. The van der Waals surface area contributed by atoms with Crippen molar-refractivity contribution in [3.8, 4) is 0 Å². The van der Waals surface area contributed by atoms with Crippen molar-refractivity contribution in [2.75, 3.05) is 19.6 Å². The Balaban J connectivity index is 2.34. The van der Waals surface area contributed by atoms with E-state index in [1.54, 1.807) is 24.3 Å². The van der Waals surface area contributed by atoms with Gasteiger partial charge in [0.15, 0.2) is 0 Å². The smallest absolute Gasteiger partial charge is 0.243 e. The third kappa shape index (κ3) is 4.56. The zero-order chi connectivity index (χ0) is 20.0. The Bertz CT molecular complexity index is 914. The van der Waals surface area contributed by atoms with Crippen LogP contribution < -0.4 is 5.32 Å². The molecule has 0 atom stereocenters. The molecule has 148 valence electrons. The first-order valence-corrected chi connectivity index (χ1v) is 10.7. The number of fused-ring (bicyclic) bond motifs is 1. The van der Waals surface area contributed by atoms with E-state index in [2.05, 4.69) is 16.9 Å². The van der Waals surface area contributed by atoms with E-state index in [1.807, 2.05) is 25.3 Å². The van der Waals surface area contributed by atoms with Crippen LogP contribution in [-0.2, 0) is 27.8 Å². The number of imidazole rings is 1. The van der Waals surface area contributed by atoms with E-state index in [0.717, 1.165) is 11.3 Å². The van der Waals surface area contributed by atoms with Gasteiger partial charge < -0.3 is 9.88 Å². The van der Waals surface area contributed by atoms with Gasteiger partial charge in [-0.05, 0) is 25.1 Å². The molecule has 2 rings (SSSR count). The van der Waals surface area contributed by atoms with E-state index >= 15 is 0 Å². The summed E-state index contributed by atoms with van der Waals surface area (Å²) in [6.07, 6.45) is 2.45. The molecule has 0 bridgehead atoms. The largest absolute Gasteiger partial charge is 0.353 e. The Kier molecular flexibility index (Phi) is 7.15. The van der Waals surface area contributed by atoms with Gasteiger partial charge in [-0.2, -0.15) is 4.31 Å². The molecule has 0 spiro atoms. The standard InChI is InChI=1S/C19H28N4O3S/c1-5-13-20-19(24)12-11-18-21-16-14-15(9-10-17(16)23(18)8-4)27(25,26)22(6-2)7-3/h5,9-10,14H,1,6-8,11-13H2,2-4H3,(H,20,24). The number of carbonyl (C=O) groups is 1. The molecule has 0 aliphatic rings. The van der Waals surface area contributed by atoms with Crippen molar-refractivity contribution in [2.45, 2.75) is 45.1 Å². The van der Waals surface area contributed by atoms with E-state index in [1.165, 1.54) is 4.31 Å². The van der Waals surface area contributed by atoms with Gasteiger partial charge in [0.2, 0.25) is 15.9 Å². The van der Waals surface area contributed by atoms with E-state index < -0.39 is 10.0 Å². The second kappa shape index (κ2) is 9.14. The van der Waals surface area contributed by atoms with Gasteiger partial charge in [-0.3, -0.25) is 4.79 Å². The van der Waals surface area contributed by atoms with Crippen LogP contribution in [0, 0.1) is 0 Å². The predicted octanol–water partition coefficient (Wildman–Crippen LogP) is 2.32. The number of carbonyl (C=O) groups excluding carboxylic acids is 1. The van der Waals surface area contributed by atoms with Crippen molar-refractivity contribution in [1.29, 1.82) is 0 Å². The summed E-state index contributed by atoms with van der Waals surface area (Å²) in [5.74, 6) is 0.716. The molecule has 0 saturated heterocycles. The summed E-state index contributed by atoms with van der Waals surface area (Å²) in [5, 5.41) is 2.75. The van der Waals surface area contributed by atoms with E-state index in [0.29, 0.717) is 44.5 Å². The fourth-order valence-electron chi connectivity index (χ4n) is 3.08. The molecule has 1 aromatic carbocycles. The van der Waals surface area contributed by atoms with Crippen molar-refractivity contribution in [1.82, 2.24) is 19.2 Å². The first kappa shape index (κ1) is 21.1. The highest BCUT2D eigenvalue weighted by Crippen LogP contribution is 2.23. The number of sulfonamides is 1. The molecule has 0 saturated carbocycles. The van der Waals surface area contributed by atoms with Crippen LogP contribution >= 0.6 is 0 Å². The van der Waals surface area contributed by atoms with Crippen molar-refractivity contribution < 1.29 is 13.2 Å². The number of aryl methyl sites for hydroxylation is 2. The Morgan fingerprint density at radius 3 is 2.59 bits per heavy atom. The van der Waals surface area contributed by atoms with Gasteiger partial charge in [0.05, 0.1) is 15.9 Å². The molecule has 2 aromatic rings. The minimum atomic E-state index is -3.53. The highest BCUT2D eigenvalue weighted by Gasteiger charge is 2.23. The van der Waals surface area contributed by atoms with Crippen LogP contribution in [0.3, 0.4) is 0 Å². The lowest BCUT2D eigenvalue weighted by Crippen LogP contribution is -2.30. The molecule has 1 aromatic heterocycles. The Morgan fingerprint density at radius 2 is 2.00 bits per heavy atom. The maximum Gasteiger partial charge on any atom is 0.243 e. The van der Waals surface area contributed by atoms with Crippen molar-refractivity contribution in [3.05, 3.63) is 36.7 Å². The van der Waals surface area contributed by atoms with Crippen LogP contribution in [0.25, 0.3) is 11.0 Å². The van der Waals surface area contributed by atoms with Crippen molar-refractivity contribution >= 4 is 27.0 Å². The number of nitrogens with one attached hydrogen (secondary N) is 1. The minimum Gasteiger partial charge on any atom is -0.353 e. The van der Waals surface area contributed by atoms with E-state index in [9.17, 15) is 13.2 Å². The zero-order valence-corrected chi connectivity index (χ0v) is 17.1. The molecule has 0 radical (unpaired) electrons. The molecular formula is C19H28N4O3S. The van der Waals surface area contributed by atoms with Gasteiger partial charge in [0, 0.05) is 39.0 Å². The average Bonchev–Trinajstić information content (AvgIpc) is 3.02. The zero-order valence-electron chi connectivity index (χ0n) is 16.2. The van der Waals surface area contributed by atoms with Gasteiger partial charge in [-0.1, -0.05) is 19.9 Å². The molecule has 0 aliphatic carbocycles. The molecule has 27 heavy (non-hydrogen) atoms. The highest BCUT2D eigenvalue weighted by molar-refractivity contribution is 7.89. The number of rotatable bonds is 10. The summed E-state index contributed by atoms with van der Waals surface area (Å²) in [6, 6.07) is 5.05. The van der Waals surface area contributed by atoms with Crippen LogP contribution in [-0.4, -0.2) is 47.8 Å². The number of hydrogen-bond donors (Lipinski definition) is 1. The Morgan fingerprint density at radius 1 is 1.30 bits per heavy atom. The Labute approximate surface area is 161 Å². The molecular weight excluding hydrogens is 364 g/mol. The minimum absolute atomic E-state index is 0.0607. The van der Waals surface area contributed by atoms with Crippen LogP contribution in [0.2, 0.25) is 0 Å². The first-order chi connectivity index (χ1) is 12.9. The molecule has 0 unspecified atom stereocenters. The highest BCUT2D eigenvalue weighted by atomic mass is 32.2. The SMILES string of the molecule is C=CCNC(=O)CCc1nc2cc(S(=O)(=O)N(CC)CC)ccc2n1CC. The second-order valence-corrected chi connectivity index (χ2v) is 8.04. The van der Waals surface area contributed by atoms with Crippen molar-refractivity contribution in [3.63, 3.8) is 0 Å². The summed E-state index contributed by atoms with van der Waals surface area (Å²) in [5.41, 5.74) is 1.50. The first-order valence-electron chi connectivity index (χ1n) is 9.25. The molecule has 1 heterocycles. The monoisotopic (exact) mass is 392 g/mol. The quantitative estimate of drug-likeness (QED) is 0.629. The topological polar surface area (TPSA) is 84.3 Å². The van der Waals surface area contributed by atoms with Gasteiger partial charge in [0.1, 0.15) is 5.82 Å². The number of benzene rings is 1. The van der Waals surface area contributed by atoms with Crippen LogP contribution in [0.4, 0.5) is 0 Å². The number of amides is 1. The van der Waals surface area contributed by atoms with Crippen LogP contribution in [0.1, 0.15) is 33.0 Å². The lowest BCUT2D eigenvalue weighted by atomic mass is 10.2.